The number of anilines is 2. The first-order valence-corrected chi connectivity index (χ1v) is 11.1. The number of nitrogens with one attached hydrogen (secondary N) is 3. The molecule has 0 heterocycles. The van der Waals surface area contributed by atoms with Crippen LogP contribution in [-0.2, 0) is 4.79 Å². The second-order valence-corrected chi connectivity index (χ2v) is 7.74. The SMILES string of the molecule is CCCCC(=O)Nc1ccc(NC(=S)NC(=O)c2ccc(O[C@@H](C)CC)cc2)cc1OC. The molecular formula is C24H31N3O4S. The Morgan fingerprint density at radius 3 is 2.41 bits per heavy atom. The van der Waals surface area contributed by atoms with Crippen LogP contribution < -0.4 is 25.4 Å². The van der Waals surface area contributed by atoms with Crippen LogP contribution in [0.4, 0.5) is 11.4 Å². The second kappa shape index (κ2) is 12.7. The Labute approximate surface area is 194 Å². The van der Waals surface area contributed by atoms with Crippen LogP contribution in [0, 0.1) is 0 Å². The van der Waals surface area contributed by atoms with Crippen molar-refractivity contribution in [3.8, 4) is 11.5 Å². The van der Waals surface area contributed by atoms with Gasteiger partial charge in [0, 0.05) is 23.7 Å². The van der Waals surface area contributed by atoms with Crippen molar-refractivity contribution in [2.75, 3.05) is 17.7 Å². The molecule has 0 aromatic heterocycles. The summed E-state index contributed by atoms with van der Waals surface area (Å²) in [6.07, 6.45) is 3.25. The Hall–Kier alpha value is -3.13. The van der Waals surface area contributed by atoms with E-state index in [1.807, 2.05) is 20.8 Å². The van der Waals surface area contributed by atoms with Gasteiger partial charge in [0.2, 0.25) is 5.91 Å². The Morgan fingerprint density at radius 2 is 1.78 bits per heavy atom. The third-order valence-electron chi connectivity index (χ3n) is 4.75. The molecule has 0 unspecified atom stereocenters. The maximum atomic E-state index is 12.5. The topological polar surface area (TPSA) is 88.7 Å². The summed E-state index contributed by atoms with van der Waals surface area (Å²) in [5.74, 6) is 0.815. The molecule has 0 aliphatic carbocycles. The lowest BCUT2D eigenvalue weighted by Gasteiger charge is -2.14. The molecule has 1 atom stereocenters. The average molecular weight is 458 g/mol. The lowest BCUT2D eigenvalue weighted by atomic mass is 10.2. The van der Waals surface area contributed by atoms with Gasteiger partial charge in [-0.25, -0.2) is 0 Å². The van der Waals surface area contributed by atoms with Gasteiger partial charge in [0.1, 0.15) is 11.5 Å². The van der Waals surface area contributed by atoms with Crippen molar-refractivity contribution in [2.45, 2.75) is 52.6 Å². The maximum Gasteiger partial charge on any atom is 0.257 e. The van der Waals surface area contributed by atoms with E-state index in [0.29, 0.717) is 34.9 Å². The number of rotatable bonds is 10. The number of unbranched alkanes of at least 4 members (excludes halogenated alkanes) is 1. The predicted molar refractivity (Wildman–Crippen MR) is 132 cm³/mol. The van der Waals surface area contributed by atoms with Crippen LogP contribution >= 0.6 is 12.2 Å². The number of carbonyl (C=O) groups is 2. The number of hydrogen-bond acceptors (Lipinski definition) is 5. The van der Waals surface area contributed by atoms with Crippen molar-refractivity contribution in [1.82, 2.24) is 5.32 Å². The summed E-state index contributed by atoms with van der Waals surface area (Å²) < 4.78 is 11.1. The molecule has 0 aliphatic rings. The first-order valence-electron chi connectivity index (χ1n) is 10.7. The van der Waals surface area contributed by atoms with Crippen LogP contribution in [-0.4, -0.2) is 30.1 Å². The van der Waals surface area contributed by atoms with Gasteiger partial charge in [0.15, 0.2) is 5.11 Å². The summed E-state index contributed by atoms with van der Waals surface area (Å²) in [5, 5.41) is 8.61. The number of methoxy groups -OCH3 is 1. The fraction of sp³-hybridized carbons (Fsp3) is 0.375. The summed E-state index contributed by atoms with van der Waals surface area (Å²) in [5.41, 5.74) is 1.66. The zero-order valence-corrected chi connectivity index (χ0v) is 19.8. The summed E-state index contributed by atoms with van der Waals surface area (Å²) in [7, 11) is 1.52. The highest BCUT2D eigenvalue weighted by Crippen LogP contribution is 2.28. The van der Waals surface area contributed by atoms with Crippen molar-refractivity contribution < 1.29 is 19.1 Å². The van der Waals surface area contributed by atoms with Crippen molar-refractivity contribution in [3.63, 3.8) is 0 Å². The molecule has 2 aromatic carbocycles. The van der Waals surface area contributed by atoms with Gasteiger partial charge in [0.25, 0.3) is 5.91 Å². The summed E-state index contributed by atoms with van der Waals surface area (Å²) in [6, 6.07) is 12.1. The van der Waals surface area contributed by atoms with E-state index in [0.717, 1.165) is 19.3 Å². The van der Waals surface area contributed by atoms with Gasteiger partial charge in [-0.3, -0.25) is 14.9 Å². The van der Waals surface area contributed by atoms with Crippen LogP contribution in [0.2, 0.25) is 0 Å². The lowest BCUT2D eigenvalue weighted by molar-refractivity contribution is -0.116. The van der Waals surface area contributed by atoms with Crippen molar-refractivity contribution in [2.24, 2.45) is 0 Å². The summed E-state index contributed by atoms with van der Waals surface area (Å²) in [4.78, 5) is 24.5. The Morgan fingerprint density at radius 1 is 1.06 bits per heavy atom. The quantitative estimate of drug-likeness (QED) is 0.429. The molecule has 0 fully saturated rings. The summed E-state index contributed by atoms with van der Waals surface area (Å²) in [6.45, 7) is 6.08. The average Bonchev–Trinajstić information content (AvgIpc) is 2.78. The molecule has 7 nitrogen and oxygen atoms in total. The fourth-order valence-corrected chi connectivity index (χ4v) is 2.97. The fourth-order valence-electron chi connectivity index (χ4n) is 2.76. The molecule has 3 N–H and O–H groups in total. The Bertz CT molecular complexity index is 931. The minimum Gasteiger partial charge on any atom is -0.494 e. The molecule has 0 saturated carbocycles. The van der Waals surface area contributed by atoms with Gasteiger partial charge in [0.05, 0.1) is 18.9 Å². The molecule has 2 rings (SSSR count). The smallest absolute Gasteiger partial charge is 0.257 e. The van der Waals surface area contributed by atoms with Crippen molar-refractivity contribution >= 4 is 40.5 Å². The molecule has 2 aromatic rings. The third-order valence-corrected chi connectivity index (χ3v) is 4.95. The van der Waals surface area contributed by atoms with Gasteiger partial charge in [-0.15, -0.1) is 0 Å². The van der Waals surface area contributed by atoms with Crippen molar-refractivity contribution in [1.29, 1.82) is 0 Å². The standard InChI is InChI=1S/C24H31N3O4S/c1-5-7-8-22(28)26-20-14-11-18(15-21(20)30-4)25-24(32)27-23(29)17-9-12-19(13-10-17)31-16(3)6-2/h9-16H,5-8H2,1-4H3,(H,26,28)(H2,25,27,29,32)/t16-/m0/s1. The Kier molecular flexibility index (Phi) is 9.94. The number of carbonyl (C=O) groups excluding carboxylic acids is 2. The normalized spacial score (nSPS) is 11.2. The van der Waals surface area contributed by atoms with Gasteiger partial charge >= 0.3 is 0 Å². The number of benzene rings is 2. The highest BCUT2D eigenvalue weighted by molar-refractivity contribution is 7.80. The molecule has 0 radical (unpaired) electrons. The number of thiocarbonyl (C=S) groups is 1. The van der Waals surface area contributed by atoms with Crippen LogP contribution in [0.25, 0.3) is 0 Å². The van der Waals surface area contributed by atoms with E-state index in [-0.39, 0.29) is 23.0 Å². The van der Waals surface area contributed by atoms with E-state index >= 15 is 0 Å². The predicted octanol–water partition coefficient (Wildman–Crippen LogP) is 5.13. The highest BCUT2D eigenvalue weighted by Gasteiger charge is 2.12. The van der Waals surface area contributed by atoms with Gasteiger partial charge in [-0.2, -0.15) is 0 Å². The first-order chi connectivity index (χ1) is 15.4. The monoisotopic (exact) mass is 457 g/mol. The Balaban J connectivity index is 1.95. The highest BCUT2D eigenvalue weighted by atomic mass is 32.1. The van der Waals surface area contributed by atoms with E-state index in [4.69, 9.17) is 21.7 Å². The molecule has 172 valence electrons. The maximum absolute atomic E-state index is 12.5. The zero-order chi connectivity index (χ0) is 23.5. The van der Waals surface area contributed by atoms with E-state index in [1.54, 1.807) is 42.5 Å². The minimum atomic E-state index is -0.329. The van der Waals surface area contributed by atoms with Gasteiger partial charge in [-0.05, 0) is 68.4 Å². The lowest BCUT2D eigenvalue weighted by Crippen LogP contribution is -2.34. The molecule has 32 heavy (non-hydrogen) atoms. The van der Waals surface area contributed by atoms with Gasteiger partial charge < -0.3 is 20.1 Å². The van der Waals surface area contributed by atoms with Gasteiger partial charge in [-0.1, -0.05) is 20.3 Å². The third kappa shape index (κ3) is 7.85. The first kappa shape index (κ1) is 25.1. The molecule has 0 saturated heterocycles. The van der Waals surface area contributed by atoms with Crippen molar-refractivity contribution in [3.05, 3.63) is 48.0 Å². The largest absolute Gasteiger partial charge is 0.494 e. The molecule has 2 amide bonds. The van der Waals surface area contributed by atoms with Crippen LogP contribution in [0.3, 0.4) is 0 Å². The zero-order valence-electron chi connectivity index (χ0n) is 19.0. The number of amides is 2. The van der Waals surface area contributed by atoms with E-state index < -0.39 is 0 Å². The van der Waals surface area contributed by atoms with E-state index in [9.17, 15) is 9.59 Å². The molecule has 0 spiro atoms. The van der Waals surface area contributed by atoms with Crippen LogP contribution in [0.15, 0.2) is 42.5 Å². The number of hydrogen-bond donors (Lipinski definition) is 3. The summed E-state index contributed by atoms with van der Waals surface area (Å²) >= 11 is 5.26. The van der Waals surface area contributed by atoms with E-state index in [2.05, 4.69) is 16.0 Å². The minimum absolute atomic E-state index is 0.0609. The van der Waals surface area contributed by atoms with E-state index in [1.165, 1.54) is 7.11 Å². The number of ether oxygens (including phenoxy) is 2. The van der Waals surface area contributed by atoms with Crippen LogP contribution in [0.5, 0.6) is 11.5 Å². The second-order valence-electron chi connectivity index (χ2n) is 7.34. The van der Waals surface area contributed by atoms with Crippen LogP contribution in [0.1, 0.15) is 56.8 Å². The molecule has 0 aliphatic heterocycles. The molecule has 8 heteroatoms. The molecular weight excluding hydrogens is 426 g/mol. The molecule has 0 bridgehead atoms.